The number of hydrogen-bond donors (Lipinski definition) is 3. The van der Waals surface area contributed by atoms with E-state index in [1.807, 2.05) is 13.2 Å². The Morgan fingerprint density at radius 2 is 2.24 bits per heavy atom. The largest absolute Gasteiger partial charge is 0.388 e. The van der Waals surface area contributed by atoms with Crippen LogP contribution in [0.15, 0.2) is 36.9 Å². The van der Waals surface area contributed by atoms with Crippen molar-refractivity contribution in [1.82, 2.24) is 15.0 Å². The Balaban J connectivity index is 2.04. The van der Waals surface area contributed by atoms with Crippen molar-refractivity contribution < 1.29 is 0 Å². The van der Waals surface area contributed by atoms with Crippen LogP contribution in [-0.4, -0.2) is 22.0 Å². The van der Waals surface area contributed by atoms with Crippen molar-refractivity contribution in [3.8, 4) is 0 Å². The maximum atomic E-state index is 4.04. The summed E-state index contributed by atoms with van der Waals surface area (Å²) in [5.41, 5.74) is 4.70. The van der Waals surface area contributed by atoms with Gasteiger partial charge in [0, 0.05) is 48.1 Å². The standard InChI is InChI=1S/C13H14N4/c1-14-10-2-3-13-12(5-10)9(6-16-13)4-11-7-15-8-17-11/h2-3,5-8,14,16H,4H2,1H3,(H,15,17). The van der Waals surface area contributed by atoms with Crippen molar-refractivity contribution in [2.75, 3.05) is 12.4 Å². The predicted octanol–water partition coefficient (Wildman–Crippen LogP) is 2.52. The zero-order valence-electron chi connectivity index (χ0n) is 9.62. The summed E-state index contributed by atoms with van der Waals surface area (Å²) in [5, 5.41) is 4.42. The van der Waals surface area contributed by atoms with Gasteiger partial charge in [0.2, 0.25) is 0 Å². The van der Waals surface area contributed by atoms with E-state index in [4.69, 9.17) is 0 Å². The average Bonchev–Trinajstić information content (AvgIpc) is 2.99. The zero-order valence-corrected chi connectivity index (χ0v) is 9.62. The van der Waals surface area contributed by atoms with Crippen LogP contribution in [0.5, 0.6) is 0 Å². The molecule has 0 radical (unpaired) electrons. The normalized spacial score (nSPS) is 10.9. The molecule has 2 aromatic heterocycles. The molecule has 0 spiro atoms. The van der Waals surface area contributed by atoms with Gasteiger partial charge in [0.15, 0.2) is 0 Å². The SMILES string of the molecule is CNc1ccc2[nH]cc(Cc3cnc[nH]3)c2c1. The first-order valence-corrected chi connectivity index (χ1v) is 5.62. The molecular weight excluding hydrogens is 212 g/mol. The van der Waals surface area contributed by atoms with Crippen LogP contribution < -0.4 is 5.32 Å². The second-order valence-corrected chi connectivity index (χ2v) is 4.08. The summed E-state index contributed by atoms with van der Waals surface area (Å²) in [7, 11) is 1.93. The highest BCUT2D eigenvalue weighted by Crippen LogP contribution is 2.23. The Morgan fingerprint density at radius 3 is 3.00 bits per heavy atom. The van der Waals surface area contributed by atoms with Crippen molar-refractivity contribution in [3.63, 3.8) is 0 Å². The van der Waals surface area contributed by atoms with Crippen LogP contribution >= 0.6 is 0 Å². The molecule has 0 saturated carbocycles. The molecule has 86 valence electrons. The number of anilines is 1. The van der Waals surface area contributed by atoms with Crippen molar-refractivity contribution in [1.29, 1.82) is 0 Å². The van der Waals surface area contributed by atoms with Gasteiger partial charge >= 0.3 is 0 Å². The molecule has 4 heteroatoms. The third-order valence-electron chi connectivity index (χ3n) is 2.99. The van der Waals surface area contributed by atoms with Crippen molar-refractivity contribution >= 4 is 16.6 Å². The van der Waals surface area contributed by atoms with Crippen LogP contribution in [-0.2, 0) is 6.42 Å². The summed E-state index contributed by atoms with van der Waals surface area (Å²) >= 11 is 0. The number of H-pyrrole nitrogens is 2. The van der Waals surface area contributed by atoms with E-state index < -0.39 is 0 Å². The van der Waals surface area contributed by atoms with E-state index in [1.165, 1.54) is 16.5 Å². The first kappa shape index (κ1) is 9.96. The molecule has 17 heavy (non-hydrogen) atoms. The Hall–Kier alpha value is -2.23. The van der Waals surface area contributed by atoms with Crippen molar-refractivity contribution in [3.05, 3.63) is 48.2 Å². The molecule has 3 rings (SSSR count). The lowest BCUT2D eigenvalue weighted by molar-refractivity contribution is 1.12. The van der Waals surface area contributed by atoms with Gasteiger partial charge in [-0.05, 0) is 23.8 Å². The minimum Gasteiger partial charge on any atom is -0.388 e. The quantitative estimate of drug-likeness (QED) is 0.642. The number of nitrogens with one attached hydrogen (secondary N) is 3. The minimum atomic E-state index is 0.868. The number of aromatic amines is 2. The summed E-state index contributed by atoms with van der Waals surface area (Å²) in [5.74, 6) is 0. The highest BCUT2D eigenvalue weighted by atomic mass is 14.9. The molecule has 0 saturated heterocycles. The van der Waals surface area contributed by atoms with E-state index in [0.717, 1.165) is 17.8 Å². The number of aromatic nitrogens is 3. The third-order valence-corrected chi connectivity index (χ3v) is 2.99. The summed E-state index contributed by atoms with van der Waals surface area (Å²) < 4.78 is 0. The van der Waals surface area contributed by atoms with Gasteiger partial charge in [0.05, 0.1) is 6.33 Å². The van der Waals surface area contributed by atoms with E-state index in [1.54, 1.807) is 6.33 Å². The maximum absolute atomic E-state index is 4.04. The van der Waals surface area contributed by atoms with Crippen molar-refractivity contribution in [2.24, 2.45) is 0 Å². The fourth-order valence-electron chi connectivity index (χ4n) is 2.07. The average molecular weight is 226 g/mol. The highest BCUT2D eigenvalue weighted by Gasteiger charge is 2.05. The molecule has 1 aromatic carbocycles. The second kappa shape index (κ2) is 3.97. The van der Waals surface area contributed by atoms with Crippen LogP contribution in [0.4, 0.5) is 5.69 Å². The Kier molecular flexibility index (Phi) is 2.33. The van der Waals surface area contributed by atoms with Crippen molar-refractivity contribution in [2.45, 2.75) is 6.42 Å². The van der Waals surface area contributed by atoms with Gasteiger partial charge in [-0.1, -0.05) is 0 Å². The van der Waals surface area contributed by atoms with E-state index in [0.29, 0.717) is 0 Å². The molecule has 0 fully saturated rings. The summed E-state index contributed by atoms with van der Waals surface area (Å²) in [6, 6.07) is 6.33. The zero-order chi connectivity index (χ0) is 11.7. The molecule has 3 N–H and O–H groups in total. The number of nitrogens with zero attached hydrogens (tertiary/aromatic N) is 1. The van der Waals surface area contributed by atoms with Gasteiger partial charge in [-0.2, -0.15) is 0 Å². The molecule has 0 amide bonds. The number of rotatable bonds is 3. The van der Waals surface area contributed by atoms with E-state index in [2.05, 4.69) is 44.7 Å². The third kappa shape index (κ3) is 1.78. The Morgan fingerprint density at radius 1 is 1.29 bits per heavy atom. The number of fused-ring (bicyclic) bond motifs is 1. The van der Waals surface area contributed by atoms with Gasteiger partial charge < -0.3 is 15.3 Å². The van der Waals surface area contributed by atoms with E-state index in [-0.39, 0.29) is 0 Å². The molecule has 4 nitrogen and oxygen atoms in total. The van der Waals surface area contributed by atoms with E-state index in [9.17, 15) is 0 Å². The molecule has 0 unspecified atom stereocenters. The van der Waals surface area contributed by atoms with E-state index >= 15 is 0 Å². The van der Waals surface area contributed by atoms with Gasteiger partial charge in [-0.15, -0.1) is 0 Å². The highest BCUT2D eigenvalue weighted by molar-refractivity contribution is 5.86. The molecule has 0 aliphatic rings. The maximum Gasteiger partial charge on any atom is 0.0921 e. The Labute approximate surface area is 99.1 Å². The monoisotopic (exact) mass is 226 g/mol. The van der Waals surface area contributed by atoms with Crippen LogP contribution in [0.3, 0.4) is 0 Å². The lowest BCUT2D eigenvalue weighted by Gasteiger charge is -2.01. The molecule has 0 atom stereocenters. The summed E-state index contributed by atoms with van der Waals surface area (Å²) in [4.78, 5) is 10.5. The minimum absolute atomic E-state index is 0.868. The topological polar surface area (TPSA) is 56.5 Å². The predicted molar refractivity (Wildman–Crippen MR) is 69.2 cm³/mol. The van der Waals surface area contributed by atoms with Crippen LogP contribution in [0.1, 0.15) is 11.3 Å². The lowest BCUT2D eigenvalue weighted by atomic mass is 10.1. The smallest absolute Gasteiger partial charge is 0.0921 e. The van der Waals surface area contributed by atoms with Crippen LogP contribution in [0.2, 0.25) is 0 Å². The molecule has 0 bridgehead atoms. The summed E-state index contributed by atoms with van der Waals surface area (Å²) in [6.07, 6.45) is 6.50. The Bertz CT molecular complexity index is 622. The summed E-state index contributed by atoms with van der Waals surface area (Å²) in [6.45, 7) is 0. The first-order valence-electron chi connectivity index (χ1n) is 5.62. The fourth-order valence-corrected chi connectivity index (χ4v) is 2.07. The number of benzene rings is 1. The molecule has 0 aliphatic heterocycles. The molecule has 2 heterocycles. The lowest BCUT2D eigenvalue weighted by Crippen LogP contribution is -1.89. The van der Waals surface area contributed by atoms with Gasteiger partial charge in [-0.25, -0.2) is 4.98 Å². The number of hydrogen-bond acceptors (Lipinski definition) is 2. The second-order valence-electron chi connectivity index (χ2n) is 4.08. The molecule has 0 aliphatic carbocycles. The van der Waals surface area contributed by atoms with Crippen LogP contribution in [0.25, 0.3) is 10.9 Å². The molecular formula is C13H14N4. The van der Waals surface area contributed by atoms with Crippen LogP contribution in [0, 0.1) is 0 Å². The van der Waals surface area contributed by atoms with Gasteiger partial charge in [-0.3, -0.25) is 0 Å². The molecule has 3 aromatic rings. The number of imidazole rings is 1. The van der Waals surface area contributed by atoms with Gasteiger partial charge in [0.25, 0.3) is 0 Å². The fraction of sp³-hybridized carbons (Fsp3) is 0.154. The van der Waals surface area contributed by atoms with Gasteiger partial charge in [0.1, 0.15) is 0 Å². The first-order chi connectivity index (χ1) is 8.36.